The van der Waals surface area contributed by atoms with Crippen molar-refractivity contribution in [2.24, 2.45) is 0 Å². The van der Waals surface area contributed by atoms with Crippen molar-refractivity contribution in [3.63, 3.8) is 0 Å². The molecule has 0 atom stereocenters. The minimum absolute atomic E-state index is 0.809. The van der Waals surface area contributed by atoms with Crippen molar-refractivity contribution in [1.82, 2.24) is 9.80 Å². The van der Waals surface area contributed by atoms with Crippen LogP contribution in [0.15, 0.2) is 0 Å². The molecule has 0 radical (unpaired) electrons. The first-order valence-corrected chi connectivity index (χ1v) is 6.19. The first-order chi connectivity index (χ1) is 7.27. The van der Waals surface area contributed by atoms with Crippen molar-refractivity contribution >= 4 is 0 Å². The van der Waals surface area contributed by atoms with Crippen LogP contribution in [-0.2, 0) is 4.74 Å². The Hall–Kier alpha value is -0.120. The largest absolute Gasteiger partial charge is 0.383 e. The van der Waals surface area contributed by atoms with Crippen molar-refractivity contribution < 1.29 is 4.74 Å². The van der Waals surface area contributed by atoms with Crippen LogP contribution in [0.3, 0.4) is 0 Å². The van der Waals surface area contributed by atoms with E-state index in [1.807, 2.05) is 0 Å². The molecule has 0 aromatic carbocycles. The smallest absolute Gasteiger partial charge is 0.0589 e. The maximum atomic E-state index is 5.11. The van der Waals surface area contributed by atoms with Gasteiger partial charge in [-0.05, 0) is 45.9 Å². The summed E-state index contributed by atoms with van der Waals surface area (Å²) in [6.07, 6.45) is 3.90. The quantitative estimate of drug-likeness (QED) is 0.665. The number of likely N-dealkylation sites (tertiary alicyclic amines) is 1. The van der Waals surface area contributed by atoms with Gasteiger partial charge in [0, 0.05) is 19.7 Å². The van der Waals surface area contributed by atoms with E-state index in [1.54, 1.807) is 7.11 Å². The van der Waals surface area contributed by atoms with Gasteiger partial charge >= 0.3 is 0 Å². The normalized spacial score (nSPS) is 20.0. The van der Waals surface area contributed by atoms with E-state index in [2.05, 4.69) is 23.8 Å². The molecule has 0 unspecified atom stereocenters. The SMILES string of the molecule is CCCN(C)C1CCN(CCOC)CC1. The highest BCUT2D eigenvalue weighted by atomic mass is 16.5. The van der Waals surface area contributed by atoms with Crippen LogP contribution in [0.25, 0.3) is 0 Å². The maximum Gasteiger partial charge on any atom is 0.0589 e. The summed E-state index contributed by atoms with van der Waals surface area (Å²) < 4.78 is 5.11. The van der Waals surface area contributed by atoms with Gasteiger partial charge in [-0.1, -0.05) is 6.92 Å². The Labute approximate surface area is 94.4 Å². The number of hydrogen-bond acceptors (Lipinski definition) is 3. The molecule has 1 aliphatic heterocycles. The average molecular weight is 214 g/mol. The molecular formula is C12H26N2O. The Morgan fingerprint density at radius 2 is 2.00 bits per heavy atom. The summed E-state index contributed by atoms with van der Waals surface area (Å²) >= 11 is 0. The van der Waals surface area contributed by atoms with Gasteiger partial charge in [0.1, 0.15) is 0 Å². The number of methoxy groups -OCH3 is 1. The third kappa shape index (κ3) is 4.49. The second-order valence-electron chi connectivity index (χ2n) is 4.55. The molecule has 0 spiro atoms. The second kappa shape index (κ2) is 7.20. The molecule has 0 aromatic rings. The van der Waals surface area contributed by atoms with E-state index in [-0.39, 0.29) is 0 Å². The summed E-state index contributed by atoms with van der Waals surface area (Å²) in [6, 6.07) is 0.809. The van der Waals surface area contributed by atoms with Gasteiger partial charge in [-0.15, -0.1) is 0 Å². The van der Waals surface area contributed by atoms with E-state index in [9.17, 15) is 0 Å². The van der Waals surface area contributed by atoms with Crippen LogP contribution >= 0.6 is 0 Å². The van der Waals surface area contributed by atoms with Gasteiger partial charge in [0.25, 0.3) is 0 Å². The molecule has 1 rings (SSSR count). The standard InChI is InChI=1S/C12H26N2O/c1-4-7-13(2)12-5-8-14(9-6-12)10-11-15-3/h12H,4-11H2,1-3H3. The minimum atomic E-state index is 0.809. The predicted octanol–water partition coefficient (Wildman–Crippen LogP) is 1.44. The Morgan fingerprint density at radius 1 is 1.33 bits per heavy atom. The van der Waals surface area contributed by atoms with Crippen LogP contribution in [0.4, 0.5) is 0 Å². The first-order valence-electron chi connectivity index (χ1n) is 6.19. The van der Waals surface area contributed by atoms with Crippen LogP contribution in [0.5, 0.6) is 0 Å². The molecule has 90 valence electrons. The second-order valence-corrected chi connectivity index (χ2v) is 4.55. The lowest BCUT2D eigenvalue weighted by Gasteiger charge is -2.36. The van der Waals surface area contributed by atoms with Crippen molar-refractivity contribution in [1.29, 1.82) is 0 Å². The Morgan fingerprint density at radius 3 is 2.53 bits per heavy atom. The van der Waals surface area contributed by atoms with Crippen LogP contribution in [0.1, 0.15) is 26.2 Å². The molecule has 3 heteroatoms. The van der Waals surface area contributed by atoms with Gasteiger partial charge in [-0.3, -0.25) is 0 Å². The zero-order valence-corrected chi connectivity index (χ0v) is 10.5. The fraction of sp³-hybridized carbons (Fsp3) is 1.00. The average Bonchev–Trinajstić information content (AvgIpc) is 2.27. The third-order valence-corrected chi connectivity index (χ3v) is 3.37. The molecule has 3 nitrogen and oxygen atoms in total. The van der Waals surface area contributed by atoms with E-state index in [0.29, 0.717) is 0 Å². The minimum Gasteiger partial charge on any atom is -0.383 e. The number of piperidine rings is 1. The van der Waals surface area contributed by atoms with E-state index in [0.717, 1.165) is 19.2 Å². The Kier molecular flexibility index (Phi) is 6.22. The van der Waals surface area contributed by atoms with Crippen molar-refractivity contribution in [3.05, 3.63) is 0 Å². The van der Waals surface area contributed by atoms with Crippen LogP contribution in [0, 0.1) is 0 Å². The summed E-state index contributed by atoms with van der Waals surface area (Å²) in [4.78, 5) is 5.04. The van der Waals surface area contributed by atoms with Crippen molar-refractivity contribution in [3.8, 4) is 0 Å². The van der Waals surface area contributed by atoms with E-state index in [1.165, 1.54) is 38.9 Å². The van der Waals surface area contributed by atoms with Gasteiger partial charge in [0.2, 0.25) is 0 Å². The van der Waals surface area contributed by atoms with Crippen molar-refractivity contribution in [2.75, 3.05) is 46.9 Å². The number of hydrogen-bond donors (Lipinski definition) is 0. The predicted molar refractivity (Wildman–Crippen MR) is 64.3 cm³/mol. The molecule has 0 aromatic heterocycles. The third-order valence-electron chi connectivity index (χ3n) is 3.37. The summed E-state index contributed by atoms with van der Waals surface area (Å²) in [6.45, 7) is 7.94. The molecule has 0 saturated carbocycles. The molecule has 0 amide bonds. The molecule has 1 heterocycles. The molecular weight excluding hydrogens is 188 g/mol. The van der Waals surface area contributed by atoms with Gasteiger partial charge in [0.15, 0.2) is 0 Å². The van der Waals surface area contributed by atoms with E-state index < -0.39 is 0 Å². The zero-order chi connectivity index (χ0) is 11.1. The molecule has 0 N–H and O–H groups in total. The highest BCUT2D eigenvalue weighted by molar-refractivity contribution is 4.77. The highest BCUT2D eigenvalue weighted by Crippen LogP contribution is 2.15. The van der Waals surface area contributed by atoms with Gasteiger partial charge < -0.3 is 14.5 Å². The van der Waals surface area contributed by atoms with Gasteiger partial charge in [0.05, 0.1) is 6.61 Å². The highest BCUT2D eigenvalue weighted by Gasteiger charge is 2.21. The number of ether oxygens (including phenoxy) is 1. The van der Waals surface area contributed by atoms with E-state index in [4.69, 9.17) is 4.74 Å². The Bertz CT molecular complexity index is 156. The van der Waals surface area contributed by atoms with Crippen molar-refractivity contribution in [2.45, 2.75) is 32.2 Å². The van der Waals surface area contributed by atoms with Crippen LogP contribution in [-0.4, -0.2) is 62.8 Å². The molecule has 0 bridgehead atoms. The van der Waals surface area contributed by atoms with Gasteiger partial charge in [-0.2, -0.15) is 0 Å². The number of nitrogens with zero attached hydrogens (tertiary/aromatic N) is 2. The molecule has 15 heavy (non-hydrogen) atoms. The zero-order valence-electron chi connectivity index (χ0n) is 10.5. The lowest BCUT2D eigenvalue weighted by molar-refractivity contribution is 0.0975. The summed E-state index contributed by atoms with van der Waals surface area (Å²) in [5.41, 5.74) is 0. The molecule has 1 aliphatic rings. The van der Waals surface area contributed by atoms with Crippen LogP contribution < -0.4 is 0 Å². The molecule has 1 saturated heterocycles. The summed E-state index contributed by atoms with van der Waals surface area (Å²) in [7, 11) is 4.04. The fourth-order valence-corrected chi connectivity index (χ4v) is 2.34. The number of rotatable bonds is 6. The van der Waals surface area contributed by atoms with Gasteiger partial charge in [-0.25, -0.2) is 0 Å². The lowest BCUT2D eigenvalue weighted by Crippen LogP contribution is -2.44. The summed E-state index contributed by atoms with van der Waals surface area (Å²) in [5.74, 6) is 0. The molecule has 1 fully saturated rings. The topological polar surface area (TPSA) is 15.7 Å². The fourth-order valence-electron chi connectivity index (χ4n) is 2.34. The lowest BCUT2D eigenvalue weighted by atomic mass is 10.0. The Balaban J connectivity index is 2.17. The van der Waals surface area contributed by atoms with E-state index >= 15 is 0 Å². The van der Waals surface area contributed by atoms with Crippen LogP contribution in [0.2, 0.25) is 0 Å². The summed E-state index contributed by atoms with van der Waals surface area (Å²) in [5, 5.41) is 0. The first kappa shape index (κ1) is 12.9. The maximum absolute atomic E-state index is 5.11. The monoisotopic (exact) mass is 214 g/mol. The molecule has 0 aliphatic carbocycles.